The summed E-state index contributed by atoms with van der Waals surface area (Å²) in [6, 6.07) is 4.60. The molecule has 0 rings (SSSR count). The molecule has 0 heterocycles. The number of hydrogen-bond donors (Lipinski definition) is 0. The minimum absolute atomic E-state index is 0.0440. The lowest BCUT2D eigenvalue weighted by Crippen LogP contribution is -2.36. The van der Waals surface area contributed by atoms with Gasteiger partial charge in [0, 0.05) is 0 Å². The average Bonchev–Trinajstić information content (AvgIpc) is 2.22. The van der Waals surface area contributed by atoms with Gasteiger partial charge in [0.05, 0.1) is 19.4 Å². The second-order valence-electron chi connectivity index (χ2n) is 5.15. The Morgan fingerprint density at radius 1 is 0.750 bits per heavy atom. The highest BCUT2D eigenvalue weighted by Gasteiger charge is 2.09. The molecule has 4 heteroatoms. The Morgan fingerprint density at radius 2 is 1.06 bits per heavy atom. The van der Waals surface area contributed by atoms with Crippen LogP contribution < -0.4 is 0 Å². The van der Waals surface area contributed by atoms with Gasteiger partial charge in [0.1, 0.15) is 0 Å². The van der Waals surface area contributed by atoms with Crippen LogP contribution in [0.15, 0.2) is 0 Å². The molecule has 0 aliphatic heterocycles. The molecule has 0 amide bonds. The van der Waals surface area contributed by atoms with Gasteiger partial charge in [-0.1, -0.05) is 53.6 Å². The molecule has 0 atom stereocenters. The van der Waals surface area contributed by atoms with Crippen LogP contribution in [0.3, 0.4) is 0 Å². The quantitative estimate of drug-likeness (QED) is 0.457. The van der Waals surface area contributed by atoms with Crippen molar-refractivity contribution in [3.63, 3.8) is 0 Å². The fourth-order valence-corrected chi connectivity index (χ4v) is 6.46. The van der Waals surface area contributed by atoms with Crippen molar-refractivity contribution in [3.8, 4) is 0 Å². The maximum absolute atomic E-state index is 2.71. The molecule has 0 aliphatic carbocycles. The number of hydrogen-bond acceptors (Lipinski definition) is 2. The van der Waals surface area contributed by atoms with Crippen molar-refractivity contribution < 1.29 is 0 Å². The Hall–Kier alpha value is 0.354. The molecule has 0 aromatic heterocycles. The molecule has 0 aromatic carbocycles. The summed E-state index contributed by atoms with van der Waals surface area (Å²) in [7, 11) is 0.0880. The highest BCUT2D eigenvalue weighted by molar-refractivity contribution is 6.38. The van der Waals surface area contributed by atoms with Gasteiger partial charge < -0.3 is 9.13 Å². The Balaban J connectivity index is 3.65. The van der Waals surface area contributed by atoms with Crippen LogP contribution in [0.4, 0.5) is 0 Å². The van der Waals surface area contributed by atoms with E-state index in [-0.39, 0.29) is 19.4 Å². The summed E-state index contributed by atoms with van der Waals surface area (Å²) in [5, 5.41) is 0. The molecule has 0 N–H and O–H groups in total. The standard InChI is InChI=1S/C12H32N2Si2/c1-7-13(11(3)4)15-9-10-16-14(8-2)12(5)6/h11-12H,7-10,15-16H2,1-6H3. The first-order valence-electron chi connectivity index (χ1n) is 7.00. The minimum atomic E-state index is 0.0440. The van der Waals surface area contributed by atoms with Gasteiger partial charge in [-0.2, -0.15) is 0 Å². The Kier molecular flexibility index (Phi) is 9.60. The zero-order valence-corrected chi connectivity index (χ0v) is 15.1. The number of rotatable bonds is 9. The van der Waals surface area contributed by atoms with Gasteiger partial charge in [0.25, 0.3) is 0 Å². The summed E-state index contributed by atoms with van der Waals surface area (Å²) < 4.78 is 5.42. The molecule has 0 saturated heterocycles. The van der Waals surface area contributed by atoms with E-state index in [9.17, 15) is 0 Å². The van der Waals surface area contributed by atoms with Gasteiger partial charge >= 0.3 is 0 Å². The lowest BCUT2D eigenvalue weighted by molar-refractivity contribution is 0.384. The second-order valence-corrected chi connectivity index (χ2v) is 9.09. The van der Waals surface area contributed by atoms with Crippen LogP contribution in [0.25, 0.3) is 0 Å². The van der Waals surface area contributed by atoms with E-state index >= 15 is 0 Å². The summed E-state index contributed by atoms with van der Waals surface area (Å²) in [4.78, 5) is 0. The summed E-state index contributed by atoms with van der Waals surface area (Å²) in [6.07, 6.45) is 0. The molecule has 0 aromatic rings. The zero-order chi connectivity index (χ0) is 12.6. The molecule has 16 heavy (non-hydrogen) atoms. The topological polar surface area (TPSA) is 6.48 Å². The predicted molar refractivity (Wildman–Crippen MR) is 81.7 cm³/mol. The SMILES string of the molecule is CCN([SiH2]CC[SiH2]N(CC)C(C)C)C(C)C. The fraction of sp³-hybridized carbons (Fsp3) is 1.00. The summed E-state index contributed by atoms with van der Waals surface area (Å²) in [6.45, 7) is 16.5. The Bertz CT molecular complexity index is 145. The van der Waals surface area contributed by atoms with Crippen LogP contribution in [0, 0.1) is 0 Å². The molecule has 0 aliphatic rings. The third-order valence-corrected chi connectivity index (χ3v) is 9.55. The average molecular weight is 261 g/mol. The van der Waals surface area contributed by atoms with Crippen molar-refractivity contribution in [2.75, 3.05) is 13.1 Å². The molecule has 0 unspecified atom stereocenters. The first-order valence-corrected chi connectivity index (χ1v) is 10.3. The van der Waals surface area contributed by atoms with Gasteiger partial charge in [-0.25, -0.2) is 0 Å². The van der Waals surface area contributed by atoms with Crippen molar-refractivity contribution in [1.82, 2.24) is 9.13 Å². The highest BCUT2D eigenvalue weighted by atomic mass is 28.2. The van der Waals surface area contributed by atoms with E-state index < -0.39 is 0 Å². The first kappa shape index (κ1) is 16.4. The van der Waals surface area contributed by atoms with Crippen LogP contribution in [0.2, 0.25) is 12.1 Å². The van der Waals surface area contributed by atoms with Crippen molar-refractivity contribution >= 4 is 19.4 Å². The maximum atomic E-state index is 2.71. The molecule has 0 bridgehead atoms. The molecular formula is C12H32N2Si2. The highest BCUT2D eigenvalue weighted by Crippen LogP contribution is 2.03. The number of nitrogens with zero attached hydrogens (tertiary/aromatic N) is 2. The first-order chi connectivity index (χ1) is 7.52. The smallest absolute Gasteiger partial charge is 0.0950 e. The largest absolute Gasteiger partial charge is 0.327 e. The minimum Gasteiger partial charge on any atom is -0.327 e. The van der Waals surface area contributed by atoms with Crippen molar-refractivity contribution in [2.45, 2.75) is 65.7 Å². The zero-order valence-electron chi connectivity index (χ0n) is 12.3. The third kappa shape index (κ3) is 6.83. The second kappa shape index (κ2) is 9.39. The van der Waals surface area contributed by atoms with Crippen molar-refractivity contribution in [2.24, 2.45) is 0 Å². The van der Waals surface area contributed by atoms with Crippen molar-refractivity contribution in [3.05, 3.63) is 0 Å². The van der Waals surface area contributed by atoms with Crippen LogP contribution in [0.1, 0.15) is 41.5 Å². The van der Waals surface area contributed by atoms with E-state index in [2.05, 4.69) is 50.7 Å². The van der Waals surface area contributed by atoms with E-state index in [4.69, 9.17) is 0 Å². The van der Waals surface area contributed by atoms with Gasteiger partial charge in [-0.05, 0) is 25.2 Å². The van der Waals surface area contributed by atoms with E-state index in [1.165, 1.54) is 25.2 Å². The van der Waals surface area contributed by atoms with Gasteiger partial charge in [0.2, 0.25) is 0 Å². The van der Waals surface area contributed by atoms with Gasteiger partial charge in [-0.3, -0.25) is 0 Å². The van der Waals surface area contributed by atoms with Crippen LogP contribution in [-0.2, 0) is 0 Å². The molecule has 98 valence electrons. The lowest BCUT2D eigenvalue weighted by atomic mass is 10.4. The lowest BCUT2D eigenvalue weighted by Gasteiger charge is -2.27. The Labute approximate surface area is 108 Å². The van der Waals surface area contributed by atoms with E-state index in [1.54, 1.807) is 0 Å². The predicted octanol–water partition coefficient (Wildman–Crippen LogP) is 1.45. The van der Waals surface area contributed by atoms with Crippen LogP contribution >= 0.6 is 0 Å². The molecular weight excluding hydrogens is 228 g/mol. The van der Waals surface area contributed by atoms with Gasteiger partial charge in [0.15, 0.2) is 0 Å². The fourth-order valence-electron chi connectivity index (χ4n) is 2.19. The summed E-state index contributed by atoms with van der Waals surface area (Å²) >= 11 is 0. The summed E-state index contributed by atoms with van der Waals surface area (Å²) in [5.41, 5.74) is 0. The van der Waals surface area contributed by atoms with E-state index in [0.717, 1.165) is 12.1 Å². The normalized spacial score (nSPS) is 13.9. The molecule has 0 fully saturated rings. The summed E-state index contributed by atoms with van der Waals surface area (Å²) in [5.74, 6) is 0. The third-order valence-electron chi connectivity index (χ3n) is 3.41. The molecule has 0 spiro atoms. The maximum Gasteiger partial charge on any atom is 0.0950 e. The van der Waals surface area contributed by atoms with Crippen LogP contribution in [0.5, 0.6) is 0 Å². The Morgan fingerprint density at radius 3 is 1.25 bits per heavy atom. The molecule has 0 radical (unpaired) electrons. The van der Waals surface area contributed by atoms with Crippen LogP contribution in [-0.4, -0.2) is 53.7 Å². The molecule has 2 nitrogen and oxygen atoms in total. The van der Waals surface area contributed by atoms with Crippen molar-refractivity contribution in [1.29, 1.82) is 0 Å². The van der Waals surface area contributed by atoms with E-state index in [1.807, 2.05) is 0 Å². The monoisotopic (exact) mass is 260 g/mol. The molecule has 0 saturated carbocycles. The van der Waals surface area contributed by atoms with Gasteiger partial charge in [-0.15, -0.1) is 0 Å². The van der Waals surface area contributed by atoms with E-state index in [0.29, 0.717) is 0 Å².